The summed E-state index contributed by atoms with van der Waals surface area (Å²) in [5.74, 6) is 4.58. The topological polar surface area (TPSA) is 35.5 Å². The quantitative estimate of drug-likeness (QED) is 0.608. The summed E-state index contributed by atoms with van der Waals surface area (Å²) >= 11 is 0. The zero-order valence-electron chi connectivity index (χ0n) is 21.3. The number of piperidine rings is 1. The summed E-state index contributed by atoms with van der Waals surface area (Å²) in [5.41, 5.74) is 0. The van der Waals surface area contributed by atoms with Crippen molar-refractivity contribution in [2.24, 2.45) is 11.8 Å². The second-order valence-electron chi connectivity index (χ2n) is 11.1. The lowest BCUT2D eigenvalue weighted by atomic mass is 9.78. The molecule has 3 fully saturated rings. The van der Waals surface area contributed by atoms with Crippen LogP contribution in [0.1, 0.15) is 90.8 Å². The number of piperazine rings is 1. The summed E-state index contributed by atoms with van der Waals surface area (Å²) in [6.07, 6.45) is 12.4. The summed E-state index contributed by atoms with van der Waals surface area (Å²) in [4.78, 5) is 17.9. The van der Waals surface area contributed by atoms with Crippen LogP contribution in [-0.2, 0) is 0 Å². The monoisotopic (exact) mass is 441 g/mol. The van der Waals surface area contributed by atoms with Crippen LogP contribution in [0.2, 0.25) is 0 Å². The summed E-state index contributed by atoms with van der Waals surface area (Å²) in [6, 6.07) is 4.07. The van der Waals surface area contributed by atoms with Crippen molar-refractivity contribution < 1.29 is 0 Å². The van der Waals surface area contributed by atoms with Gasteiger partial charge in [0.1, 0.15) is 11.6 Å². The molecule has 180 valence electrons. The third kappa shape index (κ3) is 5.30. The van der Waals surface area contributed by atoms with Crippen LogP contribution in [0.5, 0.6) is 0 Å². The van der Waals surface area contributed by atoms with Crippen LogP contribution >= 0.6 is 0 Å². The molecule has 0 bridgehead atoms. The molecular weight excluding hydrogens is 394 g/mol. The summed E-state index contributed by atoms with van der Waals surface area (Å²) < 4.78 is 0. The largest absolute Gasteiger partial charge is 0.348 e. The van der Waals surface area contributed by atoms with Crippen molar-refractivity contribution in [1.82, 2.24) is 19.8 Å². The standard InChI is InChI=1S/C27H47N5/c1-6-23-18-30(5)19-24(7-2)32(23)26-12-15-28-27(29-26)22-13-16-31(17-14-22)25-10-8-21(9-11-25)20(3)4/h12,15,20-25H,6-11,13-14,16-19H2,1-5H3/t21-,23?,24?,25+. The van der Waals surface area contributed by atoms with E-state index in [1.54, 1.807) is 0 Å². The van der Waals surface area contributed by atoms with E-state index in [1.165, 1.54) is 51.6 Å². The molecular formula is C27H47N5. The Morgan fingerprint density at radius 3 is 2.12 bits per heavy atom. The van der Waals surface area contributed by atoms with Crippen molar-refractivity contribution in [3.63, 3.8) is 0 Å². The molecule has 4 rings (SSSR count). The molecule has 1 aromatic rings. The normalized spacial score (nSPS) is 31.4. The van der Waals surface area contributed by atoms with Crippen LogP contribution in [0.25, 0.3) is 0 Å². The molecule has 2 saturated heterocycles. The summed E-state index contributed by atoms with van der Waals surface area (Å²) in [5, 5.41) is 0. The van der Waals surface area contributed by atoms with Gasteiger partial charge < -0.3 is 14.7 Å². The number of likely N-dealkylation sites (tertiary alicyclic amines) is 1. The molecule has 2 atom stereocenters. The number of nitrogens with zero attached hydrogens (tertiary/aromatic N) is 5. The number of hydrogen-bond acceptors (Lipinski definition) is 5. The maximum Gasteiger partial charge on any atom is 0.133 e. The van der Waals surface area contributed by atoms with E-state index in [0.717, 1.165) is 55.5 Å². The van der Waals surface area contributed by atoms with Gasteiger partial charge in [-0.1, -0.05) is 27.7 Å². The predicted molar refractivity (Wildman–Crippen MR) is 134 cm³/mol. The zero-order valence-corrected chi connectivity index (χ0v) is 21.3. The lowest BCUT2D eigenvalue weighted by molar-refractivity contribution is 0.0972. The van der Waals surface area contributed by atoms with Gasteiger partial charge >= 0.3 is 0 Å². The average molecular weight is 442 g/mol. The number of hydrogen-bond donors (Lipinski definition) is 0. The Labute approximate surface area is 197 Å². The van der Waals surface area contributed by atoms with E-state index in [0.29, 0.717) is 18.0 Å². The molecule has 5 heteroatoms. The molecule has 3 heterocycles. The third-order valence-electron chi connectivity index (χ3n) is 8.79. The first kappa shape index (κ1) is 23.9. The maximum absolute atomic E-state index is 5.19. The van der Waals surface area contributed by atoms with Crippen LogP contribution in [0.4, 0.5) is 5.82 Å². The zero-order chi connectivity index (χ0) is 22.7. The molecule has 0 N–H and O–H groups in total. The van der Waals surface area contributed by atoms with Crippen molar-refractivity contribution in [2.75, 3.05) is 38.1 Å². The predicted octanol–water partition coefficient (Wildman–Crippen LogP) is 5.18. The first-order chi connectivity index (χ1) is 15.5. The molecule has 3 aliphatic rings. The number of anilines is 1. The maximum atomic E-state index is 5.19. The SMILES string of the molecule is CCC1CN(C)CC(CC)N1c1ccnc(C2CCN([C@H]3CC[C@@H](C(C)C)CC3)CC2)n1. The lowest BCUT2D eigenvalue weighted by Gasteiger charge is -2.46. The third-order valence-corrected chi connectivity index (χ3v) is 8.79. The van der Waals surface area contributed by atoms with Gasteiger partial charge in [-0.2, -0.15) is 0 Å². The van der Waals surface area contributed by atoms with Crippen molar-refractivity contribution >= 4 is 5.82 Å². The Hall–Kier alpha value is -1.20. The van der Waals surface area contributed by atoms with Crippen molar-refractivity contribution in [2.45, 2.75) is 103 Å². The van der Waals surface area contributed by atoms with Crippen LogP contribution in [-0.4, -0.2) is 71.1 Å². The van der Waals surface area contributed by atoms with Crippen molar-refractivity contribution in [1.29, 1.82) is 0 Å². The van der Waals surface area contributed by atoms with Gasteiger partial charge in [0.25, 0.3) is 0 Å². The fourth-order valence-electron chi connectivity index (χ4n) is 6.65. The molecule has 0 radical (unpaired) electrons. The molecule has 5 nitrogen and oxygen atoms in total. The first-order valence-electron chi connectivity index (χ1n) is 13.5. The highest BCUT2D eigenvalue weighted by Crippen LogP contribution is 2.35. The van der Waals surface area contributed by atoms with E-state index in [1.807, 2.05) is 6.20 Å². The summed E-state index contributed by atoms with van der Waals surface area (Å²) in [7, 11) is 2.26. The van der Waals surface area contributed by atoms with Gasteiger partial charge in [0, 0.05) is 43.3 Å². The van der Waals surface area contributed by atoms with Crippen molar-refractivity contribution in [3.8, 4) is 0 Å². The van der Waals surface area contributed by atoms with E-state index < -0.39 is 0 Å². The summed E-state index contributed by atoms with van der Waals surface area (Å²) in [6.45, 7) is 14.1. The lowest BCUT2D eigenvalue weighted by Crippen LogP contribution is -2.57. The van der Waals surface area contributed by atoms with Gasteiger partial charge in [-0.25, -0.2) is 9.97 Å². The van der Waals surface area contributed by atoms with E-state index in [4.69, 9.17) is 9.97 Å². The van der Waals surface area contributed by atoms with Gasteiger partial charge in [0.2, 0.25) is 0 Å². The molecule has 1 saturated carbocycles. The highest BCUT2D eigenvalue weighted by atomic mass is 15.3. The molecule has 1 aromatic heterocycles. The number of rotatable bonds is 6. The molecule has 1 aliphatic carbocycles. The Morgan fingerprint density at radius 2 is 1.56 bits per heavy atom. The van der Waals surface area contributed by atoms with Gasteiger partial charge in [0.15, 0.2) is 0 Å². The fourth-order valence-corrected chi connectivity index (χ4v) is 6.65. The van der Waals surface area contributed by atoms with E-state index in [2.05, 4.69) is 55.5 Å². The fraction of sp³-hybridized carbons (Fsp3) is 0.852. The minimum absolute atomic E-state index is 0.519. The average Bonchev–Trinajstić information content (AvgIpc) is 2.83. The molecule has 0 aromatic carbocycles. The van der Waals surface area contributed by atoms with E-state index in [9.17, 15) is 0 Å². The Kier molecular flexibility index (Phi) is 8.09. The van der Waals surface area contributed by atoms with Crippen LogP contribution < -0.4 is 4.90 Å². The second kappa shape index (κ2) is 10.8. The van der Waals surface area contributed by atoms with Gasteiger partial charge in [-0.3, -0.25) is 0 Å². The minimum Gasteiger partial charge on any atom is -0.348 e. The van der Waals surface area contributed by atoms with Crippen LogP contribution in [0.15, 0.2) is 12.3 Å². The van der Waals surface area contributed by atoms with Gasteiger partial charge in [-0.15, -0.1) is 0 Å². The highest BCUT2D eigenvalue weighted by molar-refractivity contribution is 5.42. The Morgan fingerprint density at radius 1 is 0.938 bits per heavy atom. The van der Waals surface area contributed by atoms with Crippen LogP contribution in [0.3, 0.4) is 0 Å². The molecule has 2 aliphatic heterocycles. The number of aromatic nitrogens is 2. The van der Waals surface area contributed by atoms with Gasteiger partial charge in [0.05, 0.1) is 0 Å². The van der Waals surface area contributed by atoms with Crippen molar-refractivity contribution in [3.05, 3.63) is 18.1 Å². The number of likely N-dealkylation sites (N-methyl/N-ethyl adjacent to an activating group) is 1. The second-order valence-corrected chi connectivity index (χ2v) is 11.1. The van der Waals surface area contributed by atoms with E-state index >= 15 is 0 Å². The Bertz CT molecular complexity index is 692. The van der Waals surface area contributed by atoms with Gasteiger partial charge in [-0.05, 0) is 89.4 Å². The minimum atomic E-state index is 0.519. The van der Waals surface area contributed by atoms with E-state index in [-0.39, 0.29) is 0 Å². The molecule has 32 heavy (non-hydrogen) atoms. The van der Waals surface area contributed by atoms with Crippen LogP contribution in [0, 0.1) is 11.8 Å². The smallest absolute Gasteiger partial charge is 0.133 e. The molecule has 0 amide bonds. The molecule has 0 spiro atoms. The Balaban J connectivity index is 1.38. The molecule has 2 unspecified atom stereocenters. The first-order valence-corrected chi connectivity index (χ1v) is 13.5. The highest BCUT2D eigenvalue weighted by Gasteiger charge is 2.34.